The molecule has 1 amide bonds. The highest BCUT2D eigenvalue weighted by molar-refractivity contribution is 5.79. The molecule has 6 nitrogen and oxygen atoms in total. The van der Waals surface area contributed by atoms with Gasteiger partial charge in [-0.05, 0) is 40.3 Å². The molecule has 4 rings (SSSR count). The molecule has 164 valence electrons. The number of carboxylic acid groups (broad SMARTS) is 1. The molecule has 3 aromatic rings. The van der Waals surface area contributed by atoms with E-state index in [0.29, 0.717) is 12.2 Å². The van der Waals surface area contributed by atoms with Crippen molar-refractivity contribution in [1.82, 2.24) is 4.90 Å². The van der Waals surface area contributed by atoms with Crippen LogP contribution in [0.4, 0.5) is 4.79 Å². The lowest BCUT2D eigenvalue weighted by atomic mass is 9.98. The smallest absolute Gasteiger partial charge is 0.410 e. The quantitative estimate of drug-likeness (QED) is 0.565. The molecule has 0 aliphatic heterocycles. The number of amides is 1. The largest absolute Gasteiger partial charge is 0.496 e. The summed E-state index contributed by atoms with van der Waals surface area (Å²) < 4.78 is 11.0. The number of para-hydroxylation sites is 1. The second-order valence-electron chi connectivity index (χ2n) is 7.68. The summed E-state index contributed by atoms with van der Waals surface area (Å²) in [5, 5.41) is 9.30. The zero-order chi connectivity index (χ0) is 22.5. The number of fused-ring (bicyclic) bond motifs is 3. The Labute approximate surface area is 187 Å². The van der Waals surface area contributed by atoms with Gasteiger partial charge in [0.2, 0.25) is 0 Å². The lowest BCUT2D eigenvalue weighted by Gasteiger charge is -2.22. The van der Waals surface area contributed by atoms with Gasteiger partial charge >= 0.3 is 12.1 Å². The van der Waals surface area contributed by atoms with Gasteiger partial charge in [0.15, 0.2) is 0 Å². The average molecular weight is 431 g/mol. The van der Waals surface area contributed by atoms with Gasteiger partial charge in [-0.25, -0.2) is 4.79 Å². The Morgan fingerprint density at radius 2 is 1.50 bits per heavy atom. The number of nitrogens with zero attached hydrogens (tertiary/aromatic N) is 1. The summed E-state index contributed by atoms with van der Waals surface area (Å²) in [7, 11) is 1.58. The maximum absolute atomic E-state index is 12.8. The van der Waals surface area contributed by atoms with E-state index in [1.54, 1.807) is 7.11 Å². The molecule has 0 aromatic heterocycles. The van der Waals surface area contributed by atoms with Crippen molar-refractivity contribution in [3.63, 3.8) is 0 Å². The summed E-state index contributed by atoms with van der Waals surface area (Å²) in [6.45, 7) is -0.0627. The van der Waals surface area contributed by atoms with Crippen LogP contribution < -0.4 is 4.74 Å². The van der Waals surface area contributed by atoms with Gasteiger partial charge in [-0.1, -0.05) is 66.7 Å². The Morgan fingerprint density at radius 3 is 2.12 bits per heavy atom. The lowest BCUT2D eigenvalue weighted by molar-refractivity contribution is -0.138. The summed E-state index contributed by atoms with van der Waals surface area (Å²) in [6, 6.07) is 23.7. The molecule has 1 aliphatic rings. The first-order chi connectivity index (χ1) is 15.6. The van der Waals surface area contributed by atoms with Gasteiger partial charge in [-0.15, -0.1) is 0 Å². The molecule has 0 saturated heterocycles. The van der Waals surface area contributed by atoms with Gasteiger partial charge in [-0.3, -0.25) is 9.69 Å². The molecule has 6 heteroatoms. The Bertz CT molecular complexity index is 1080. The minimum atomic E-state index is -1.08. The van der Waals surface area contributed by atoms with Crippen LogP contribution in [0.25, 0.3) is 11.1 Å². The number of carboxylic acids is 1. The van der Waals surface area contributed by atoms with Crippen molar-refractivity contribution in [3.05, 3.63) is 89.5 Å². The number of hydrogen-bond acceptors (Lipinski definition) is 4. The summed E-state index contributed by atoms with van der Waals surface area (Å²) >= 11 is 0. The van der Waals surface area contributed by atoms with Crippen LogP contribution in [0.15, 0.2) is 72.8 Å². The van der Waals surface area contributed by atoms with Crippen LogP contribution in [-0.2, 0) is 16.0 Å². The third-order valence-electron chi connectivity index (χ3n) is 5.76. The van der Waals surface area contributed by atoms with Crippen molar-refractivity contribution >= 4 is 12.1 Å². The number of rotatable bonds is 8. The lowest BCUT2D eigenvalue weighted by Crippen LogP contribution is -2.38. The van der Waals surface area contributed by atoms with E-state index in [1.807, 2.05) is 60.7 Å². The Hall–Kier alpha value is -3.80. The fraction of sp³-hybridized carbons (Fsp3) is 0.231. The summed E-state index contributed by atoms with van der Waals surface area (Å²) in [4.78, 5) is 25.4. The normalized spacial score (nSPS) is 12.0. The molecule has 0 unspecified atom stereocenters. The monoisotopic (exact) mass is 431 g/mol. The van der Waals surface area contributed by atoms with Gasteiger partial charge in [0.05, 0.1) is 7.11 Å². The Balaban J connectivity index is 1.46. The number of hydrogen-bond donors (Lipinski definition) is 1. The highest BCUT2D eigenvalue weighted by Gasteiger charge is 2.30. The standard InChI is InChI=1S/C26H25NO5/c1-31-24-13-7-2-8-18(24)14-15-27(16-25(28)29)26(30)32-17-23-21-11-5-3-9-19(21)20-10-4-6-12-22(20)23/h2-13,23H,14-17H2,1H3,(H,28,29). The first-order valence-corrected chi connectivity index (χ1v) is 10.5. The topological polar surface area (TPSA) is 76.1 Å². The zero-order valence-electron chi connectivity index (χ0n) is 17.9. The van der Waals surface area contributed by atoms with Gasteiger partial charge in [0.25, 0.3) is 0 Å². The molecule has 0 radical (unpaired) electrons. The number of carbonyl (C=O) groups excluding carboxylic acids is 1. The van der Waals surface area contributed by atoms with Crippen LogP contribution >= 0.6 is 0 Å². The maximum atomic E-state index is 12.8. The van der Waals surface area contributed by atoms with Gasteiger partial charge < -0.3 is 14.6 Å². The molecular formula is C26H25NO5. The predicted molar refractivity (Wildman–Crippen MR) is 121 cm³/mol. The second kappa shape index (κ2) is 9.56. The fourth-order valence-corrected chi connectivity index (χ4v) is 4.25. The predicted octanol–water partition coefficient (Wildman–Crippen LogP) is 4.57. The summed E-state index contributed by atoms with van der Waals surface area (Å²) in [5.41, 5.74) is 5.41. The van der Waals surface area contributed by atoms with E-state index in [1.165, 1.54) is 4.90 Å². The van der Waals surface area contributed by atoms with Crippen LogP contribution in [0, 0.1) is 0 Å². The fourth-order valence-electron chi connectivity index (χ4n) is 4.25. The molecule has 0 atom stereocenters. The molecule has 1 N–H and O–H groups in total. The number of ether oxygens (including phenoxy) is 2. The van der Waals surface area contributed by atoms with E-state index in [0.717, 1.165) is 27.8 Å². The molecule has 0 bridgehead atoms. The van der Waals surface area contributed by atoms with Crippen molar-refractivity contribution in [2.24, 2.45) is 0 Å². The van der Waals surface area contributed by atoms with Gasteiger partial charge in [0, 0.05) is 12.5 Å². The molecule has 0 spiro atoms. The van der Waals surface area contributed by atoms with E-state index in [9.17, 15) is 14.7 Å². The van der Waals surface area contributed by atoms with E-state index >= 15 is 0 Å². The second-order valence-corrected chi connectivity index (χ2v) is 7.68. The molecule has 0 saturated carbocycles. The maximum Gasteiger partial charge on any atom is 0.410 e. The van der Waals surface area contributed by atoms with E-state index in [4.69, 9.17) is 9.47 Å². The average Bonchev–Trinajstić information content (AvgIpc) is 3.14. The molecule has 0 heterocycles. The van der Waals surface area contributed by atoms with Crippen molar-refractivity contribution < 1.29 is 24.2 Å². The van der Waals surface area contributed by atoms with Crippen LogP contribution in [0.3, 0.4) is 0 Å². The highest BCUT2D eigenvalue weighted by Crippen LogP contribution is 2.44. The minimum Gasteiger partial charge on any atom is -0.496 e. The minimum absolute atomic E-state index is 0.0766. The number of carbonyl (C=O) groups is 2. The van der Waals surface area contributed by atoms with Crippen molar-refractivity contribution in [2.45, 2.75) is 12.3 Å². The molecular weight excluding hydrogens is 406 g/mol. The zero-order valence-corrected chi connectivity index (χ0v) is 17.9. The number of methoxy groups -OCH3 is 1. The first-order valence-electron chi connectivity index (χ1n) is 10.5. The van der Waals surface area contributed by atoms with Crippen molar-refractivity contribution in [1.29, 1.82) is 0 Å². The van der Waals surface area contributed by atoms with Crippen LogP contribution in [0.1, 0.15) is 22.6 Å². The molecule has 1 aliphatic carbocycles. The Morgan fingerprint density at radius 1 is 0.906 bits per heavy atom. The number of aliphatic carboxylic acids is 1. The van der Waals surface area contributed by atoms with Gasteiger partial charge in [0.1, 0.15) is 18.9 Å². The SMILES string of the molecule is COc1ccccc1CCN(CC(=O)O)C(=O)OCC1c2ccccc2-c2ccccc21. The van der Waals surface area contributed by atoms with Crippen LogP contribution in [0.2, 0.25) is 0 Å². The number of benzene rings is 3. The molecule has 3 aromatic carbocycles. The molecule has 0 fully saturated rings. The Kier molecular flexibility index (Phi) is 6.40. The third-order valence-corrected chi connectivity index (χ3v) is 5.76. The first kappa shape index (κ1) is 21.4. The van der Waals surface area contributed by atoms with Crippen LogP contribution in [-0.4, -0.2) is 48.9 Å². The van der Waals surface area contributed by atoms with Crippen LogP contribution in [0.5, 0.6) is 5.75 Å². The molecule has 32 heavy (non-hydrogen) atoms. The summed E-state index contributed by atoms with van der Waals surface area (Å²) in [6.07, 6.45) is -0.175. The highest BCUT2D eigenvalue weighted by atomic mass is 16.6. The third kappa shape index (κ3) is 4.44. The van der Waals surface area contributed by atoms with E-state index < -0.39 is 18.6 Å². The van der Waals surface area contributed by atoms with E-state index in [2.05, 4.69) is 12.1 Å². The summed E-state index contributed by atoms with van der Waals surface area (Å²) in [5.74, 6) is -0.457. The van der Waals surface area contributed by atoms with Gasteiger partial charge in [-0.2, -0.15) is 0 Å². The van der Waals surface area contributed by atoms with Crippen molar-refractivity contribution in [3.8, 4) is 16.9 Å². The van der Waals surface area contributed by atoms with Crippen molar-refractivity contribution in [2.75, 3.05) is 26.8 Å². The van der Waals surface area contributed by atoms with E-state index in [-0.39, 0.29) is 19.1 Å².